The van der Waals surface area contributed by atoms with Crippen molar-refractivity contribution in [2.45, 2.75) is 58.6 Å². The molecule has 98 valence electrons. The van der Waals surface area contributed by atoms with Crippen LogP contribution >= 0.6 is 0 Å². The van der Waals surface area contributed by atoms with Crippen molar-refractivity contribution in [2.75, 3.05) is 0 Å². The van der Waals surface area contributed by atoms with Gasteiger partial charge in [0.25, 0.3) is 0 Å². The van der Waals surface area contributed by atoms with Crippen LogP contribution in [0.4, 0.5) is 9.59 Å². The van der Waals surface area contributed by atoms with Gasteiger partial charge >= 0.3 is 12.2 Å². The largest absolute Gasteiger partial charge is 0.465 e. The van der Waals surface area contributed by atoms with E-state index in [0.717, 1.165) is 24.2 Å². The number of nitrogens with zero attached hydrogens (tertiary/aromatic N) is 1. The number of ether oxygens (including phenoxy) is 1. The normalized spacial score (nSPS) is 24.5. The maximum absolute atomic E-state index is 11.8. The lowest BCUT2D eigenvalue weighted by molar-refractivity contribution is 0.0193. The Labute approximate surface area is 102 Å². The summed E-state index contributed by atoms with van der Waals surface area (Å²) in [7, 11) is 0. The van der Waals surface area contributed by atoms with Gasteiger partial charge in [-0.2, -0.15) is 0 Å². The first-order valence-electron chi connectivity index (χ1n) is 5.96. The fraction of sp³-hybridized carbons (Fsp3) is 0.833. The Hall–Kier alpha value is -1.26. The molecule has 1 aliphatic carbocycles. The van der Waals surface area contributed by atoms with Gasteiger partial charge in [-0.3, -0.25) is 0 Å². The molecule has 2 unspecified atom stereocenters. The number of hydrogen-bond donors (Lipinski definition) is 1. The summed E-state index contributed by atoms with van der Waals surface area (Å²) in [6.45, 7) is 7.24. The number of carbonyl (C=O) groups excluding carboxylic acids is 1. The predicted molar refractivity (Wildman–Crippen MR) is 62.9 cm³/mol. The van der Waals surface area contributed by atoms with Gasteiger partial charge in [-0.05, 0) is 46.0 Å². The van der Waals surface area contributed by atoms with Gasteiger partial charge in [-0.25, -0.2) is 14.5 Å². The van der Waals surface area contributed by atoms with Crippen molar-refractivity contribution in [1.82, 2.24) is 4.90 Å². The van der Waals surface area contributed by atoms with Crippen LogP contribution < -0.4 is 0 Å². The van der Waals surface area contributed by atoms with E-state index >= 15 is 0 Å². The first-order chi connectivity index (χ1) is 7.70. The summed E-state index contributed by atoms with van der Waals surface area (Å²) in [6, 6.07) is -0.239. The van der Waals surface area contributed by atoms with Gasteiger partial charge in [-0.1, -0.05) is 6.92 Å². The molecule has 17 heavy (non-hydrogen) atoms. The summed E-state index contributed by atoms with van der Waals surface area (Å²) in [5, 5.41) is 9.11. The third kappa shape index (κ3) is 3.91. The summed E-state index contributed by atoms with van der Waals surface area (Å²) in [5.74, 6) is 0.462. The third-order valence-corrected chi connectivity index (χ3v) is 2.83. The molecule has 1 fully saturated rings. The van der Waals surface area contributed by atoms with Gasteiger partial charge in [0.1, 0.15) is 5.60 Å². The van der Waals surface area contributed by atoms with Crippen molar-refractivity contribution in [3.8, 4) is 0 Å². The zero-order valence-corrected chi connectivity index (χ0v) is 10.9. The summed E-state index contributed by atoms with van der Waals surface area (Å²) in [6.07, 6.45) is 0.428. The van der Waals surface area contributed by atoms with Crippen LogP contribution in [0, 0.1) is 5.92 Å². The second kappa shape index (κ2) is 4.94. The minimum atomic E-state index is -1.22. The zero-order chi connectivity index (χ0) is 13.2. The Bertz CT molecular complexity index is 308. The quantitative estimate of drug-likeness (QED) is 0.768. The summed E-state index contributed by atoms with van der Waals surface area (Å²) >= 11 is 0. The maximum Gasteiger partial charge on any atom is 0.420 e. The molecule has 0 aromatic carbocycles. The molecule has 0 spiro atoms. The average Bonchev–Trinajstić information content (AvgIpc) is 2.47. The lowest BCUT2D eigenvalue weighted by Gasteiger charge is -2.28. The second-order valence-electron chi connectivity index (χ2n) is 5.70. The Morgan fingerprint density at radius 1 is 1.29 bits per heavy atom. The van der Waals surface area contributed by atoms with Crippen molar-refractivity contribution in [3.63, 3.8) is 0 Å². The molecule has 5 heteroatoms. The van der Waals surface area contributed by atoms with E-state index in [1.807, 2.05) is 0 Å². The van der Waals surface area contributed by atoms with E-state index in [-0.39, 0.29) is 6.04 Å². The van der Waals surface area contributed by atoms with E-state index in [1.165, 1.54) is 0 Å². The van der Waals surface area contributed by atoms with E-state index in [4.69, 9.17) is 9.84 Å². The van der Waals surface area contributed by atoms with Crippen molar-refractivity contribution in [1.29, 1.82) is 0 Å². The van der Waals surface area contributed by atoms with Crippen LogP contribution in [0.5, 0.6) is 0 Å². The topological polar surface area (TPSA) is 66.8 Å². The van der Waals surface area contributed by atoms with Gasteiger partial charge in [0.15, 0.2) is 0 Å². The molecule has 2 amide bonds. The van der Waals surface area contributed by atoms with Crippen molar-refractivity contribution < 1.29 is 19.4 Å². The molecule has 0 saturated heterocycles. The Balaban J connectivity index is 2.73. The fourth-order valence-corrected chi connectivity index (χ4v) is 2.11. The number of carbonyl (C=O) groups is 2. The van der Waals surface area contributed by atoms with E-state index in [0.29, 0.717) is 5.92 Å². The molecule has 1 aliphatic rings. The van der Waals surface area contributed by atoms with Gasteiger partial charge in [0.2, 0.25) is 0 Å². The maximum atomic E-state index is 11.8. The van der Waals surface area contributed by atoms with Crippen LogP contribution in [0.15, 0.2) is 0 Å². The highest BCUT2D eigenvalue weighted by atomic mass is 16.6. The molecule has 0 radical (unpaired) electrons. The van der Waals surface area contributed by atoms with Gasteiger partial charge < -0.3 is 9.84 Å². The molecule has 1 rings (SSSR count). The van der Waals surface area contributed by atoms with E-state index in [9.17, 15) is 9.59 Å². The summed E-state index contributed by atoms with van der Waals surface area (Å²) < 4.78 is 5.11. The molecular weight excluding hydrogens is 222 g/mol. The molecule has 0 aromatic rings. The Morgan fingerprint density at radius 2 is 1.88 bits per heavy atom. The van der Waals surface area contributed by atoms with Gasteiger partial charge in [0, 0.05) is 6.04 Å². The number of rotatable bonds is 1. The van der Waals surface area contributed by atoms with E-state index in [1.54, 1.807) is 20.8 Å². The highest BCUT2D eigenvalue weighted by Crippen LogP contribution is 2.29. The van der Waals surface area contributed by atoms with Gasteiger partial charge in [0.05, 0.1) is 0 Å². The first-order valence-corrected chi connectivity index (χ1v) is 5.96. The predicted octanol–water partition coefficient (Wildman–Crippen LogP) is 3.09. The highest BCUT2D eigenvalue weighted by Gasteiger charge is 2.36. The van der Waals surface area contributed by atoms with E-state index in [2.05, 4.69) is 6.92 Å². The van der Waals surface area contributed by atoms with Crippen LogP contribution in [0.3, 0.4) is 0 Å². The van der Waals surface area contributed by atoms with Crippen molar-refractivity contribution in [3.05, 3.63) is 0 Å². The Morgan fingerprint density at radius 3 is 2.24 bits per heavy atom. The van der Waals surface area contributed by atoms with Crippen molar-refractivity contribution >= 4 is 12.2 Å². The SMILES string of the molecule is CC1CCC(N(C(=O)O)C(=O)OC(C)(C)C)C1. The van der Waals surface area contributed by atoms with Crippen LogP contribution in [0.25, 0.3) is 0 Å². The number of imide groups is 1. The molecule has 0 aromatic heterocycles. The standard InChI is InChI=1S/C12H21NO4/c1-8-5-6-9(7-8)13(10(14)15)11(16)17-12(2,3)4/h8-9H,5-7H2,1-4H3,(H,14,15). The molecule has 1 saturated carbocycles. The zero-order valence-electron chi connectivity index (χ0n) is 10.9. The lowest BCUT2D eigenvalue weighted by atomic mass is 10.1. The lowest BCUT2D eigenvalue weighted by Crippen LogP contribution is -2.45. The van der Waals surface area contributed by atoms with Crippen LogP contribution in [0.2, 0.25) is 0 Å². The molecule has 5 nitrogen and oxygen atoms in total. The number of carboxylic acid groups (broad SMARTS) is 1. The molecule has 1 N–H and O–H groups in total. The Kier molecular flexibility index (Phi) is 4.01. The number of amides is 2. The average molecular weight is 243 g/mol. The second-order valence-corrected chi connectivity index (χ2v) is 5.70. The molecule has 0 bridgehead atoms. The molecule has 0 aliphatic heterocycles. The van der Waals surface area contributed by atoms with Crippen LogP contribution in [-0.2, 0) is 4.74 Å². The van der Waals surface area contributed by atoms with Crippen LogP contribution in [0.1, 0.15) is 47.0 Å². The van der Waals surface area contributed by atoms with Crippen molar-refractivity contribution in [2.24, 2.45) is 5.92 Å². The minimum absolute atomic E-state index is 0.239. The summed E-state index contributed by atoms with van der Waals surface area (Å²) in [4.78, 5) is 23.8. The number of hydrogen-bond acceptors (Lipinski definition) is 3. The minimum Gasteiger partial charge on any atom is -0.465 e. The monoisotopic (exact) mass is 243 g/mol. The highest BCUT2D eigenvalue weighted by molar-refractivity contribution is 5.87. The third-order valence-electron chi connectivity index (χ3n) is 2.83. The molecule has 2 atom stereocenters. The van der Waals surface area contributed by atoms with E-state index < -0.39 is 17.8 Å². The van der Waals surface area contributed by atoms with Crippen LogP contribution in [-0.4, -0.2) is 33.8 Å². The fourth-order valence-electron chi connectivity index (χ4n) is 2.11. The first kappa shape index (κ1) is 13.8. The smallest absolute Gasteiger partial charge is 0.420 e. The molecule has 0 heterocycles. The van der Waals surface area contributed by atoms with Gasteiger partial charge in [-0.15, -0.1) is 0 Å². The summed E-state index contributed by atoms with van der Waals surface area (Å²) in [5.41, 5.74) is -0.672. The molecular formula is C12H21NO4.